The molecule has 1 aliphatic rings. The van der Waals surface area contributed by atoms with Crippen LogP contribution in [0.15, 0.2) is 91.0 Å². The number of alkyl halides is 1. The van der Waals surface area contributed by atoms with Crippen molar-refractivity contribution in [2.24, 2.45) is 0 Å². The molecule has 1 heterocycles. The molecule has 4 atom stereocenters. The standard InChI is InChI=1S/C26H27ClO4/c27-25-26(28,16-20-10-4-1-5-11-20)24(30-18-22-14-8-3-9-15-22)23(31-25)19-29-17-21-12-6-2-7-13-21/h1-15,23-25,28H,16-19H2/t23-,24-,25?,26+/m1/s1. The van der Waals surface area contributed by atoms with E-state index in [9.17, 15) is 5.11 Å². The zero-order valence-electron chi connectivity index (χ0n) is 17.3. The van der Waals surface area contributed by atoms with Gasteiger partial charge in [0.1, 0.15) is 17.8 Å². The molecule has 1 N–H and O–H groups in total. The molecule has 162 valence electrons. The fourth-order valence-corrected chi connectivity index (χ4v) is 4.24. The Morgan fingerprint density at radius 2 is 1.29 bits per heavy atom. The van der Waals surface area contributed by atoms with Crippen LogP contribution in [0.25, 0.3) is 0 Å². The van der Waals surface area contributed by atoms with Gasteiger partial charge in [-0.2, -0.15) is 0 Å². The highest BCUT2D eigenvalue weighted by atomic mass is 35.5. The van der Waals surface area contributed by atoms with Gasteiger partial charge in [0.05, 0.1) is 19.8 Å². The fraction of sp³-hybridized carbons (Fsp3) is 0.308. The van der Waals surface area contributed by atoms with Crippen molar-refractivity contribution in [2.75, 3.05) is 6.61 Å². The monoisotopic (exact) mass is 438 g/mol. The largest absolute Gasteiger partial charge is 0.383 e. The number of ether oxygens (including phenoxy) is 3. The first-order chi connectivity index (χ1) is 15.1. The van der Waals surface area contributed by atoms with Gasteiger partial charge in [-0.15, -0.1) is 0 Å². The highest BCUT2D eigenvalue weighted by molar-refractivity contribution is 6.20. The predicted octanol–water partition coefficient (Wildman–Crippen LogP) is 4.73. The van der Waals surface area contributed by atoms with Crippen molar-refractivity contribution < 1.29 is 19.3 Å². The average molecular weight is 439 g/mol. The van der Waals surface area contributed by atoms with Crippen molar-refractivity contribution in [1.29, 1.82) is 0 Å². The van der Waals surface area contributed by atoms with Gasteiger partial charge in [-0.1, -0.05) is 103 Å². The lowest BCUT2D eigenvalue weighted by Crippen LogP contribution is -2.50. The molecular formula is C26H27ClO4. The van der Waals surface area contributed by atoms with Crippen LogP contribution in [0.1, 0.15) is 16.7 Å². The van der Waals surface area contributed by atoms with E-state index in [4.69, 9.17) is 25.8 Å². The third kappa shape index (κ3) is 5.53. The molecule has 5 heteroatoms. The van der Waals surface area contributed by atoms with Gasteiger partial charge in [-0.25, -0.2) is 0 Å². The summed E-state index contributed by atoms with van der Waals surface area (Å²) in [6, 6.07) is 29.6. The van der Waals surface area contributed by atoms with Gasteiger partial charge in [0.15, 0.2) is 5.56 Å². The second kappa shape index (κ2) is 10.4. The van der Waals surface area contributed by atoms with E-state index in [2.05, 4.69) is 0 Å². The topological polar surface area (TPSA) is 47.9 Å². The smallest absolute Gasteiger partial charge is 0.163 e. The van der Waals surface area contributed by atoms with Crippen LogP contribution in [-0.4, -0.2) is 35.1 Å². The van der Waals surface area contributed by atoms with E-state index < -0.39 is 23.4 Å². The minimum atomic E-state index is -1.38. The maximum Gasteiger partial charge on any atom is 0.163 e. The summed E-state index contributed by atoms with van der Waals surface area (Å²) in [4.78, 5) is 0. The normalized spacial score (nSPS) is 25.5. The number of hydrogen-bond donors (Lipinski definition) is 1. The maximum absolute atomic E-state index is 11.6. The number of hydrogen-bond acceptors (Lipinski definition) is 4. The van der Waals surface area contributed by atoms with Crippen LogP contribution in [0.2, 0.25) is 0 Å². The molecule has 0 amide bonds. The molecule has 1 fully saturated rings. The van der Waals surface area contributed by atoms with Crippen LogP contribution in [0.5, 0.6) is 0 Å². The zero-order chi connectivity index (χ0) is 21.5. The van der Waals surface area contributed by atoms with Crippen molar-refractivity contribution >= 4 is 11.6 Å². The Kier molecular flexibility index (Phi) is 7.38. The molecule has 4 nitrogen and oxygen atoms in total. The lowest BCUT2D eigenvalue weighted by atomic mass is 9.89. The Balaban J connectivity index is 1.48. The first-order valence-corrected chi connectivity index (χ1v) is 10.9. The molecular weight excluding hydrogens is 412 g/mol. The molecule has 0 radical (unpaired) electrons. The molecule has 31 heavy (non-hydrogen) atoms. The Bertz CT molecular complexity index is 922. The molecule has 0 bridgehead atoms. The minimum absolute atomic E-state index is 0.272. The highest BCUT2D eigenvalue weighted by Gasteiger charge is 2.56. The molecule has 1 saturated heterocycles. The van der Waals surface area contributed by atoms with Crippen LogP contribution < -0.4 is 0 Å². The lowest BCUT2D eigenvalue weighted by Gasteiger charge is -2.32. The van der Waals surface area contributed by atoms with Gasteiger partial charge < -0.3 is 19.3 Å². The molecule has 0 spiro atoms. The summed E-state index contributed by atoms with van der Waals surface area (Å²) in [5.41, 5.74) is 0.784. The minimum Gasteiger partial charge on any atom is -0.383 e. The van der Waals surface area contributed by atoms with Gasteiger partial charge in [0.2, 0.25) is 0 Å². The van der Waals surface area contributed by atoms with Gasteiger partial charge in [0, 0.05) is 6.42 Å². The first kappa shape index (κ1) is 22.0. The zero-order valence-corrected chi connectivity index (χ0v) is 18.0. The van der Waals surface area contributed by atoms with Gasteiger partial charge in [-0.3, -0.25) is 0 Å². The summed E-state index contributed by atoms with van der Waals surface area (Å²) in [5, 5.41) is 11.6. The Hall–Kier alpha value is -2.21. The molecule has 0 aliphatic carbocycles. The molecule has 0 saturated carbocycles. The van der Waals surface area contributed by atoms with E-state index >= 15 is 0 Å². The summed E-state index contributed by atoms with van der Waals surface area (Å²) in [5.74, 6) is 0. The average Bonchev–Trinajstić information content (AvgIpc) is 3.03. The SMILES string of the molecule is O[C@]1(Cc2ccccc2)C(Cl)O[C@H](COCc2ccccc2)[C@H]1OCc1ccccc1. The number of halogens is 1. The summed E-state index contributed by atoms with van der Waals surface area (Å²) in [7, 11) is 0. The quantitative estimate of drug-likeness (QED) is 0.491. The van der Waals surface area contributed by atoms with E-state index in [1.807, 2.05) is 91.0 Å². The van der Waals surface area contributed by atoms with E-state index in [1.165, 1.54) is 0 Å². The Morgan fingerprint density at radius 1 is 0.774 bits per heavy atom. The molecule has 1 aliphatic heterocycles. The third-order valence-electron chi connectivity index (χ3n) is 5.51. The van der Waals surface area contributed by atoms with Crippen LogP contribution in [-0.2, 0) is 33.8 Å². The maximum atomic E-state index is 11.6. The fourth-order valence-electron chi connectivity index (χ4n) is 3.90. The second-order valence-corrected chi connectivity index (χ2v) is 8.26. The van der Waals surface area contributed by atoms with Crippen LogP contribution in [0, 0.1) is 0 Å². The molecule has 0 aromatic heterocycles. The number of rotatable bonds is 9. The van der Waals surface area contributed by atoms with E-state index in [0.29, 0.717) is 19.6 Å². The predicted molar refractivity (Wildman–Crippen MR) is 121 cm³/mol. The van der Waals surface area contributed by atoms with Gasteiger partial charge in [0.25, 0.3) is 0 Å². The van der Waals surface area contributed by atoms with Crippen LogP contribution >= 0.6 is 11.6 Å². The molecule has 3 aromatic rings. The highest BCUT2D eigenvalue weighted by Crippen LogP contribution is 2.39. The number of benzene rings is 3. The summed E-state index contributed by atoms with van der Waals surface area (Å²) in [6.07, 6.45) is -0.786. The summed E-state index contributed by atoms with van der Waals surface area (Å²) < 4.78 is 18.1. The van der Waals surface area contributed by atoms with E-state index in [1.54, 1.807) is 0 Å². The summed E-state index contributed by atoms with van der Waals surface area (Å²) in [6.45, 7) is 1.08. The Labute approximate surface area is 188 Å². The van der Waals surface area contributed by atoms with Crippen LogP contribution in [0.4, 0.5) is 0 Å². The second-order valence-electron chi connectivity index (χ2n) is 7.86. The van der Waals surface area contributed by atoms with Crippen molar-refractivity contribution in [3.63, 3.8) is 0 Å². The summed E-state index contributed by atoms with van der Waals surface area (Å²) >= 11 is 6.53. The van der Waals surface area contributed by atoms with Crippen LogP contribution in [0.3, 0.4) is 0 Å². The van der Waals surface area contributed by atoms with Crippen molar-refractivity contribution in [3.05, 3.63) is 108 Å². The van der Waals surface area contributed by atoms with E-state index in [-0.39, 0.29) is 6.61 Å². The van der Waals surface area contributed by atoms with Crippen molar-refractivity contribution in [1.82, 2.24) is 0 Å². The molecule has 3 aromatic carbocycles. The van der Waals surface area contributed by atoms with Gasteiger partial charge in [-0.05, 0) is 16.7 Å². The first-order valence-electron chi connectivity index (χ1n) is 10.5. The lowest BCUT2D eigenvalue weighted by molar-refractivity contribution is -0.109. The van der Waals surface area contributed by atoms with E-state index in [0.717, 1.165) is 16.7 Å². The number of aliphatic hydroxyl groups is 1. The third-order valence-corrected chi connectivity index (χ3v) is 5.99. The molecule has 1 unspecified atom stereocenters. The van der Waals surface area contributed by atoms with Crippen molar-refractivity contribution in [2.45, 2.75) is 43.0 Å². The van der Waals surface area contributed by atoms with Crippen molar-refractivity contribution in [3.8, 4) is 0 Å². The molecule has 4 rings (SSSR count). The Morgan fingerprint density at radius 3 is 1.87 bits per heavy atom. The van der Waals surface area contributed by atoms with Gasteiger partial charge >= 0.3 is 0 Å².